The van der Waals surface area contributed by atoms with Crippen molar-refractivity contribution in [2.45, 2.75) is 0 Å². The second kappa shape index (κ2) is 33.8. The van der Waals surface area contributed by atoms with Gasteiger partial charge in [-0.25, -0.2) is 29.9 Å². The number of aromatic nitrogens is 9. The first-order valence-corrected chi connectivity index (χ1v) is 46.3. The van der Waals surface area contributed by atoms with Gasteiger partial charge in [0.05, 0.1) is 61.6 Å². The molecule has 0 amide bonds. The molecule has 0 N–H and O–H groups in total. The molecule has 9 heterocycles. The number of para-hydroxylation sites is 6. The van der Waals surface area contributed by atoms with Crippen LogP contribution in [0.1, 0.15) is 0 Å². The van der Waals surface area contributed by atoms with E-state index in [9.17, 15) is 0 Å². The number of hydrogen-bond acceptors (Lipinski definition) is 9. The highest BCUT2D eigenvalue weighted by Gasteiger charge is 2.24. The largest absolute Gasteiger partial charge is 0.456 e. The van der Waals surface area contributed by atoms with Crippen LogP contribution in [-0.2, 0) is 0 Å². The van der Waals surface area contributed by atoms with Crippen LogP contribution >= 0.6 is 0 Å². The van der Waals surface area contributed by atoms with E-state index in [1.165, 1.54) is 66.0 Å². The van der Waals surface area contributed by atoms with Crippen molar-refractivity contribution in [2.24, 2.45) is 0 Å². The third kappa shape index (κ3) is 14.4. The molecule has 12 nitrogen and oxygen atoms in total. The molecule has 12 heteroatoms. The SMILES string of the molecule is c1ccc(-c2cc(-c3ccc4c(c3)oc3ccccc34)nc(-c3ccc(-n4c5ccccc5c5ccccc54)cc3)n2)cc1.c1ccc(-c2ccc3c(c2)c2cc(-c4ccccc4)ccc2n3-c2nc(-c3ccccc3)cc(-c3ccc4c(c3)oc3ccccc34)n2)cc1.c1ccc(-c2ccc3c(c2)c2ccccc2n3-c2cc(-c3ccc4c(c3)oc3ccccc34)nc(-c3ccccc3)n2)cc1. The first-order valence-electron chi connectivity index (χ1n) is 46.3. The Morgan fingerprint density at radius 3 is 0.826 bits per heavy atom. The molecule has 0 atom stereocenters. The number of nitrogens with zero attached hydrogens (tertiary/aromatic N) is 9. The van der Waals surface area contributed by atoms with Crippen LogP contribution in [0.3, 0.4) is 0 Å². The molecule has 0 aliphatic carbocycles. The minimum Gasteiger partial charge on any atom is -0.456 e. The fourth-order valence-corrected chi connectivity index (χ4v) is 19.8. The summed E-state index contributed by atoms with van der Waals surface area (Å²) in [5, 5.41) is 13.8. The molecule has 0 unspecified atom stereocenters. The fraction of sp³-hybridized carbons (Fsp3) is 0. The Bertz CT molecular complexity index is 9430. The lowest BCUT2D eigenvalue weighted by atomic mass is 10.0. The van der Waals surface area contributed by atoms with Gasteiger partial charge in [-0.05, 0) is 179 Å². The predicted octanol–water partition coefficient (Wildman–Crippen LogP) is 33.1. The summed E-state index contributed by atoms with van der Waals surface area (Å²) in [5.74, 6) is 2.79. The Labute approximate surface area is 791 Å². The van der Waals surface area contributed by atoms with Crippen LogP contribution in [0.25, 0.3) is 261 Å². The summed E-state index contributed by atoms with van der Waals surface area (Å²) in [6.07, 6.45) is 0. The molecule has 0 radical (unpaired) electrons. The maximum atomic E-state index is 6.29. The fourth-order valence-electron chi connectivity index (χ4n) is 19.8. The second-order valence-electron chi connectivity index (χ2n) is 34.8. The van der Waals surface area contributed by atoms with Gasteiger partial charge in [0, 0.05) is 115 Å². The Morgan fingerprint density at radius 1 is 0.145 bits per heavy atom. The van der Waals surface area contributed by atoms with Crippen molar-refractivity contribution >= 4 is 131 Å². The number of benzene rings is 19. The highest BCUT2D eigenvalue weighted by Crippen LogP contribution is 2.44. The van der Waals surface area contributed by atoms with E-state index in [1.54, 1.807) is 0 Å². The Morgan fingerprint density at radius 2 is 0.413 bits per heavy atom. The molecule has 19 aromatic carbocycles. The van der Waals surface area contributed by atoms with Crippen molar-refractivity contribution in [3.63, 3.8) is 0 Å². The summed E-state index contributed by atoms with van der Waals surface area (Å²) in [6, 6.07) is 167. The van der Waals surface area contributed by atoms with Gasteiger partial charge in [-0.1, -0.05) is 328 Å². The summed E-state index contributed by atoms with van der Waals surface area (Å²) in [4.78, 5) is 31.0. The van der Waals surface area contributed by atoms with Gasteiger partial charge in [-0.3, -0.25) is 9.13 Å². The van der Waals surface area contributed by atoms with E-state index >= 15 is 0 Å². The molecule has 0 spiro atoms. The van der Waals surface area contributed by atoms with Crippen molar-refractivity contribution < 1.29 is 13.3 Å². The van der Waals surface area contributed by atoms with Crippen molar-refractivity contribution in [1.82, 2.24) is 43.6 Å². The van der Waals surface area contributed by atoms with Gasteiger partial charge < -0.3 is 17.8 Å². The molecule has 28 rings (SSSR count). The van der Waals surface area contributed by atoms with Crippen LogP contribution < -0.4 is 0 Å². The molecule has 9 aromatic heterocycles. The maximum absolute atomic E-state index is 6.29. The number of hydrogen-bond donors (Lipinski definition) is 0. The molecule has 0 saturated carbocycles. The lowest BCUT2D eigenvalue weighted by Gasteiger charge is -2.12. The maximum Gasteiger partial charge on any atom is 0.235 e. The number of rotatable bonds is 13. The van der Waals surface area contributed by atoms with Crippen LogP contribution in [0.5, 0.6) is 0 Å². The van der Waals surface area contributed by atoms with E-state index < -0.39 is 0 Å². The number of furan rings is 3. The summed E-state index contributed by atoms with van der Waals surface area (Å²) < 4.78 is 25.5. The van der Waals surface area contributed by atoms with Gasteiger partial charge in [0.1, 0.15) is 39.3 Å². The van der Waals surface area contributed by atoms with Gasteiger partial charge in [0.2, 0.25) is 5.95 Å². The van der Waals surface area contributed by atoms with Crippen LogP contribution in [0.2, 0.25) is 0 Å². The Balaban J connectivity index is 0.000000107. The van der Waals surface area contributed by atoms with Crippen molar-refractivity contribution in [1.29, 1.82) is 0 Å². The highest BCUT2D eigenvalue weighted by atomic mass is 16.3. The summed E-state index contributed by atoms with van der Waals surface area (Å²) >= 11 is 0. The van der Waals surface area contributed by atoms with Crippen molar-refractivity contribution in [2.75, 3.05) is 0 Å². The number of fused-ring (bicyclic) bond motifs is 18. The van der Waals surface area contributed by atoms with E-state index in [-0.39, 0.29) is 0 Å². The molecule has 0 fully saturated rings. The van der Waals surface area contributed by atoms with Crippen LogP contribution in [0, 0.1) is 0 Å². The molecule has 646 valence electrons. The average molecular weight is 1770 g/mol. The predicted molar refractivity (Wildman–Crippen MR) is 565 cm³/mol. The van der Waals surface area contributed by atoms with Crippen molar-refractivity contribution in [3.05, 3.63) is 479 Å². The monoisotopic (exact) mass is 1770 g/mol. The molecule has 28 aromatic rings. The molecule has 0 saturated heterocycles. The minimum absolute atomic E-state index is 0.617. The van der Waals surface area contributed by atoms with Gasteiger partial charge in [-0.2, -0.15) is 0 Å². The van der Waals surface area contributed by atoms with E-state index in [0.29, 0.717) is 17.6 Å². The lowest BCUT2D eigenvalue weighted by Crippen LogP contribution is -2.04. The summed E-state index contributed by atoms with van der Waals surface area (Å²) in [6.45, 7) is 0. The molecular weight excluding hydrogens is 1690 g/mol. The zero-order chi connectivity index (χ0) is 91.1. The van der Waals surface area contributed by atoms with Crippen LogP contribution in [-0.4, -0.2) is 43.6 Å². The molecule has 0 aliphatic heterocycles. The summed E-state index contributed by atoms with van der Waals surface area (Å²) in [5.41, 5.74) is 31.2. The zero-order valence-electron chi connectivity index (χ0n) is 74.4. The lowest BCUT2D eigenvalue weighted by molar-refractivity contribution is 0.668. The molecule has 138 heavy (non-hydrogen) atoms. The Hall–Kier alpha value is -18.8. The van der Waals surface area contributed by atoms with Gasteiger partial charge >= 0.3 is 0 Å². The van der Waals surface area contributed by atoms with E-state index in [1.807, 2.05) is 109 Å². The first-order chi connectivity index (χ1) is 68.4. The molecule has 0 bridgehead atoms. The van der Waals surface area contributed by atoms with Gasteiger partial charge in [-0.15, -0.1) is 0 Å². The van der Waals surface area contributed by atoms with E-state index in [0.717, 1.165) is 178 Å². The standard InChI is InChI=1S/C46H29N3O.2C40H25N3O/c1-4-12-30(13-5-1)33-21-24-42-38(26-33)39-27-34(31-14-6-2-7-15-31)22-25-43(39)49(42)46-47-40(32-16-8-3-9-17-32)29-41(48-46)35-20-23-37-36-18-10-11-19-44(36)50-45(37)28-35;1-3-11-26(12-4-1)28-20-22-36-33(23-28)30-15-7-9-17-35(30)43(36)39-25-34(41-40(42-39)27-13-5-2-6-14-27)29-19-21-32-31-16-8-10-18-37(31)44-38(32)24-29;1-2-10-26(11-3-1)34-25-35(28-20-23-33-32-14-6-9-17-38(32)44-39(33)24-28)42-40(41-34)27-18-21-29(22-19-27)43-36-15-7-4-12-30(36)31-13-5-8-16-37(31)43/h1-29H;2*1-25H. The first kappa shape index (κ1) is 80.1. The third-order valence-corrected chi connectivity index (χ3v) is 26.5. The average Bonchev–Trinajstić information content (AvgIpc) is 1.58. The topological polar surface area (TPSA) is 132 Å². The quantitative estimate of drug-likeness (QED) is 0.111. The Kier molecular flexibility index (Phi) is 19.6. The molecule has 0 aliphatic rings. The normalized spacial score (nSPS) is 11.6. The second-order valence-corrected chi connectivity index (χ2v) is 34.8. The van der Waals surface area contributed by atoms with E-state index in [2.05, 4.69) is 384 Å². The van der Waals surface area contributed by atoms with Crippen molar-refractivity contribution in [3.8, 4) is 130 Å². The van der Waals surface area contributed by atoms with Crippen LogP contribution in [0.15, 0.2) is 492 Å². The highest BCUT2D eigenvalue weighted by molar-refractivity contribution is 6.15. The third-order valence-electron chi connectivity index (χ3n) is 26.5. The van der Waals surface area contributed by atoms with Gasteiger partial charge in [0.15, 0.2) is 11.6 Å². The van der Waals surface area contributed by atoms with E-state index in [4.69, 9.17) is 43.2 Å². The molecular formula is C126H79N9O3. The van der Waals surface area contributed by atoms with Gasteiger partial charge in [0.25, 0.3) is 0 Å². The summed E-state index contributed by atoms with van der Waals surface area (Å²) in [7, 11) is 0. The van der Waals surface area contributed by atoms with Crippen LogP contribution in [0.4, 0.5) is 0 Å². The smallest absolute Gasteiger partial charge is 0.235 e. The zero-order valence-corrected chi connectivity index (χ0v) is 74.4. The minimum atomic E-state index is 0.617.